The van der Waals surface area contributed by atoms with Gasteiger partial charge < -0.3 is 21.5 Å². The quantitative estimate of drug-likeness (QED) is 0.721. The Kier molecular flexibility index (Phi) is 5.53. The molecule has 1 unspecified atom stereocenters. The molecule has 0 aromatic heterocycles. The molecule has 2 amide bonds. The number of nitrogens with two attached hydrogens (primary N) is 2. The second-order valence-corrected chi connectivity index (χ2v) is 4.17. The summed E-state index contributed by atoms with van der Waals surface area (Å²) in [5.74, 6) is -1.68. The molecule has 0 radical (unpaired) electrons. The van der Waals surface area contributed by atoms with E-state index >= 15 is 0 Å². The van der Waals surface area contributed by atoms with Crippen LogP contribution in [-0.2, 0) is 9.59 Å². The van der Waals surface area contributed by atoms with Crippen molar-refractivity contribution in [2.24, 2.45) is 11.5 Å². The minimum atomic E-state index is -4.50. The van der Waals surface area contributed by atoms with E-state index in [0.29, 0.717) is 0 Å². The summed E-state index contributed by atoms with van der Waals surface area (Å²) in [5, 5.41) is 2.29. The van der Waals surface area contributed by atoms with Crippen LogP contribution in [0, 0.1) is 0 Å². The van der Waals surface area contributed by atoms with E-state index in [1.165, 1.54) is 24.3 Å². The Morgan fingerprint density at radius 3 is 2.48 bits per heavy atom. The van der Waals surface area contributed by atoms with Crippen LogP contribution >= 0.6 is 0 Å². The molecule has 0 aliphatic rings. The first-order chi connectivity index (χ1) is 9.69. The maximum Gasteiger partial charge on any atom is 0.422 e. The van der Waals surface area contributed by atoms with Gasteiger partial charge in [-0.05, 0) is 12.1 Å². The van der Waals surface area contributed by atoms with E-state index in [4.69, 9.17) is 11.5 Å². The summed E-state index contributed by atoms with van der Waals surface area (Å²) in [6.45, 7) is -1.49. The normalized spacial score (nSPS) is 12.6. The van der Waals surface area contributed by atoms with Gasteiger partial charge in [0.25, 0.3) is 0 Å². The maximum atomic E-state index is 12.1. The minimum Gasteiger partial charge on any atom is -0.482 e. The third-order valence-electron chi connectivity index (χ3n) is 2.29. The van der Waals surface area contributed by atoms with E-state index in [1.807, 2.05) is 0 Å². The lowest BCUT2D eigenvalue weighted by Crippen LogP contribution is -2.39. The number of benzene rings is 1. The molecule has 1 aromatic carbocycles. The zero-order valence-corrected chi connectivity index (χ0v) is 10.8. The molecule has 1 atom stereocenters. The van der Waals surface area contributed by atoms with Crippen LogP contribution in [0.2, 0.25) is 0 Å². The average Bonchev–Trinajstić information content (AvgIpc) is 2.35. The van der Waals surface area contributed by atoms with E-state index in [1.54, 1.807) is 0 Å². The molecule has 1 rings (SSSR count). The molecule has 0 aliphatic heterocycles. The fourth-order valence-electron chi connectivity index (χ4n) is 1.39. The first kappa shape index (κ1) is 16.8. The highest BCUT2D eigenvalue weighted by Crippen LogP contribution is 2.26. The highest BCUT2D eigenvalue weighted by molar-refractivity contribution is 5.98. The molecular weight excluding hydrogens is 291 g/mol. The Bertz CT molecular complexity index is 520. The van der Waals surface area contributed by atoms with Crippen molar-refractivity contribution in [3.8, 4) is 5.75 Å². The predicted octanol–water partition coefficient (Wildman–Crippen LogP) is 0.769. The largest absolute Gasteiger partial charge is 0.482 e. The van der Waals surface area contributed by atoms with Gasteiger partial charge in [-0.2, -0.15) is 13.2 Å². The van der Waals surface area contributed by atoms with Gasteiger partial charge in [0.15, 0.2) is 6.61 Å². The van der Waals surface area contributed by atoms with Crippen LogP contribution in [0.5, 0.6) is 5.75 Å². The number of nitrogens with one attached hydrogen (secondary N) is 1. The standard InChI is InChI=1S/C12H14F3N3O3/c13-12(14,15)6-21-9-4-2-1-3-8(9)18-11(20)7(16)5-10(17)19/h1-4,7H,5-6,16H2,(H2,17,19)(H,18,20). The molecular formula is C12H14F3N3O3. The Morgan fingerprint density at radius 2 is 1.90 bits per heavy atom. The number of hydrogen-bond acceptors (Lipinski definition) is 4. The van der Waals surface area contributed by atoms with E-state index < -0.39 is 30.6 Å². The number of ether oxygens (including phenoxy) is 1. The fraction of sp³-hybridized carbons (Fsp3) is 0.333. The maximum absolute atomic E-state index is 12.1. The summed E-state index contributed by atoms with van der Waals surface area (Å²) < 4.78 is 41.0. The molecule has 0 saturated heterocycles. The number of carbonyl (C=O) groups is 2. The molecule has 0 fully saturated rings. The molecule has 116 valence electrons. The Hall–Kier alpha value is -2.29. The highest BCUT2D eigenvalue weighted by atomic mass is 19.4. The lowest BCUT2D eigenvalue weighted by Gasteiger charge is -2.15. The molecule has 1 aromatic rings. The van der Waals surface area contributed by atoms with Crippen LogP contribution in [0.15, 0.2) is 24.3 Å². The average molecular weight is 305 g/mol. The van der Waals surface area contributed by atoms with Gasteiger partial charge in [-0.3, -0.25) is 9.59 Å². The fourth-order valence-corrected chi connectivity index (χ4v) is 1.39. The van der Waals surface area contributed by atoms with Gasteiger partial charge in [0.2, 0.25) is 11.8 Å². The van der Waals surface area contributed by atoms with Crippen molar-refractivity contribution in [2.75, 3.05) is 11.9 Å². The van der Waals surface area contributed by atoms with Crippen molar-refractivity contribution in [3.63, 3.8) is 0 Å². The van der Waals surface area contributed by atoms with Crippen LogP contribution in [0.25, 0.3) is 0 Å². The molecule has 0 spiro atoms. The van der Waals surface area contributed by atoms with Crippen molar-refractivity contribution in [2.45, 2.75) is 18.6 Å². The molecule has 6 nitrogen and oxygen atoms in total. The molecule has 0 aliphatic carbocycles. The van der Waals surface area contributed by atoms with Gasteiger partial charge in [0.05, 0.1) is 18.2 Å². The van der Waals surface area contributed by atoms with Crippen LogP contribution < -0.4 is 21.5 Å². The van der Waals surface area contributed by atoms with Gasteiger partial charge in [-0.25, -0.2) is 0 Å². The Labute approximate surface area is 118 Å². The Balaban J connectivity index is 2.74. The summed E-state index contributed by atoms with van der Waals surface area (Å²) in [6, 6.07) is 4.36. The van der Waals surface area contributed by atoms with Gasteiger partial charge in [-0.1, -0.05) is 12.1 Å². The molecule has 0 saturated carbocycles. The first-order valence-corrected chi connectivity index (χ1v) is 5.82. The van der Waals surface area contributed by atoms with Crippen molar-refractivity contribution in [1.82, 2.24) is 0 Å². The van der Waals surface area contributed by atoms with E-state index in [2.05, 4.69) is 10.1 Å². The van der Waals surface area contributed by atoms with Crippen molar-refractivity contribution in [3.05, 3.63) is 24.3 Å². The summed E-state index contributed by atoms with van der Waals surface area (Å²) in [4.78, 5) is 22.3. The van der Waals surface area contributed by atoms with Gasteiger partial charge in [0, 0.05) is 0 Å². The zero-order chi connectivity index (χ0) is 16.0. The lowest BCUT2D eigenvalue weighted by molar-refractivity contribution is -0.153. The summed E-state index contributed by atoms with van der Waals surface area (Å²) >= 11 is 0. The van der Waals surface area contributed by atoms with Gasteiger partial charge in [0.1, 0.15) is 5.75 Å². The number of anilines is 1. The number of alkyl halides is 3. The van der Waals surface area contributed by atoms with Crippen LogP contribution in [0.1, 0.15) is 6.42 Å². The molecule has 0 heterocycles. The number of hydrogen-bond donors (Lipinski definition) is 3. The molecule has 0 bridgehead atoms. The van der Waals surface area contributed by atoms with E-state index in [-0.39, 0.29) is 17.9 Å². The van der Waals surface area contributed by atoms with Gasteiger partial charge in [-0.15, -0.1) is 0 Å². The smallest absolute Gasteiger partial charge is 0.422 e. The third kappa shape index (κ3) is 6.13. The zero-order valence-electron chi connectivity index (χ0n) is 10.8. The van der Waals surface area contributed by atoms with Crippen LogP contribution in [0.3, 0.4) is 0 Å². The lowest BCUT2D eigenvalue weighted by atomic mass is 10.2. The second-order valence-electron chi connectivity index (χ2n) is 4.17. The summed E-state index contributed by atoms with van der Waals surface area (Å²) in [6.07, 6.45) is -4.88. The summed E-state index contributed by atoms with van der Waals surface area (Å²) in [7, 11) is 0. The second kappa shape index (κ2) is 6.93. The number of amides is 2. The predicted molar refractivity (Wildman–Crippen MR) is 68.4 cm³/mol. The minimum absolute atomic E-state index is 0.0201. The SMILES string of the molecule is NC(=O)CC(N)C(=O)Nc1ccccc1OCC(F)(F)F. The number of para-hydroxylation sites is 2. The molecule has 9 heteroatoms. The Morgan fingerprint density at radius 1 is 1.29 bits per heavy atom. The molecule has 21 heavy (non-hydrogen) atoms. The monoisotopic (exact) mass is 305 g/mol. The van der Waals surface area contributed by atoms with Gasteiger partial charge >= 0.3 is 6.18 Å². The topological polar surface area (TPSA) is 107 Å². The third-order valence-corrected chi connectivity index (χ3v) is 2.29. The van der Waals surface area contributed by atoms with Crippen LogP contribution in [0.4, 0.5) is 18.9 Å². The molecule has 5 N–H and O–H groups in total. The van der Waals surface area contributed by atoms with E-state index in [0.717, 1.165) is 0 Å². The number of rotatable bonds is 6. The van der Waals surface area contributed by atoms with Crippen molar-refractivity contribution in [1.29, 1.82) is 0 Å². The van der Waals surface area contributed by atoms with Crippen molar-refractivity contribution < 1.29 is 27.5 Å². The van der Waals surface area contributed by atoms with Crippen molar-refractivity contribution >= 4 is 17.5 Å². The van der Waals surface area contributed by atoms with E-state index in [9.17, 15) is 22.8 Å². The highest BCUT2D eigenvalue weighted by Gasteiger charge is 2.29. The number of halogens is 3. The van der Waals surface area contributed by atoms with Crippen LogP contribution in [-0.4, -0.2) is 30.6 Å². The summed E-state index contributed by atoms with van der Waals surface area (Å²) in [5.41, 5.74) is 10.3. The number of carbonyl (C=O) groups excluding carboxylic acids is 2. The first-order valence-electron chi connectivity index (χ1n) is 5.82. The number of primary amides is 1.